The fourth-order valence-electron chi connectivity index (χ4n) is 5.96. The van der Waals surface area contributed by atoms with Crippen molar-refractivity contribution in [1.29, 1.82) is 0 Å². The van der Waals surface area contributed by atoms with E-state index in [1.165, 1.54) is 4.31 Å². The summed E-state index contributed by atoms with van der Waals surface area (Å²) >= 11 is 0. The lowest BCUT2D eigenvalue weighted by Crippen LogP contribution is -2.45. The molecule has 0 bridgehead atoms. The number of hydrogen-bond donors (Lipinski definition) is 2. The second kappa shape index (κ2) is 13.8. The lowest BCUT2D eigenvalue weighted by Gasteiger charge is -2.37. The van der Waals surface area contributed by atoms with Crippen LogP contribution in [0.25, 0.3) is 0 Å². The molecule has 0 unspecified atom stereocenters. The van der Waals surface area contributed by atoms with Gasteiger partial charge in [-0.25, -0.2) is 8.42 Å². The summed E-state index contributed by atoms with van der Waals surface area (Å²) in [7, 11) is -3.84. The van der Waals surface area contributed by atoms with Gasteiger partial charge in [0.1, 0.15) is 0 Å². The molecule has 1 aliphatic carbocycles. The van der Waals surface area contributed by atoms with Gasteiger partial charge in [0.15, 0.2) is 0 Å². The Morgan fingerprint density at radius 3 is 2.29 bits per heavy atom. The number of hydrogen-bond acceptors (Lipinski definition) is 5. The molecular weight excluding hydrogens is 546 g/mol. The number of rotatable bonds is 12. The van der Waals surface area contributed by atoms with Crippen molar-refractivity contribution in [3.8, 4) is 0 Å². The molecule has 42 heavy (non-hydrogen) atoms. The third-order valence-electron chi connectivity index (χ3n) is 8.31. The second-order valence-electron chi connectivity index (χ2n) is 12.2. The standard InChI is InChI=1S/C34H45N3O4S/c1-25(2)24-37(42(40,41)29-17-15-26(3)16-18-29)30-13-7-6-12-28(30)22-31(38)27(4)36-33(39)23-34(19-9-5-10-20-34)32-14-8-11-21-35-32/h6-8,11-18,21,25,27,31,38H,5,9-10,19-20,22-24H2,1-4H3,(H,36,39)/t27-,31+/m0/s1. The van der Waals surface area contributed by atoms with Crippen molar-refractivity contribution in [3.05, 3.63) is 89.7 Å². The fourth-order valence-corrected chi connectivity index (χ4v) is 7.63. The molecule has 8 heteroatoms. The number of aromatic nitrogens is 1. The first-order valence-electron chi connectivity index (χ1n) is 15.1. The molecular formula is C34H45N3O4S. The lowest BCUT2D eigenvalue weighted by molar-refractivity contribution is -0.124. The molecule has 2 aromatic carbocycles. The highest BCUT2D eigenvalue weighted by molar-refractivity contribution is 7.92. The summed E-state index contributed by atoms with van der Waals surface area (Å²) in [5, 5.41) is 14.3. The van der Waals surface area contributed by atoms with Gasteiger partial charge in [-0.05, 0) is 68.5 Å². The number of anilines is 1. The van der Waals surface area contributed by atoms with E-state index < -0.39 is 22.2 Å². The van der Waals surface area contributed by atoms with Crippen LogP contribution in [-0.4, -0.2) is 43.1 Å². The number of carbonyl (C=O) groups excluding carboxylic acids is 1. The van der Waals surface area contributed by atoms with Crippen LogP contribution in [0, 0.1) is 12.8 Å². The second-order valence-corrected chi connectivity index (χ2v) is 14.1. The first-order chi connectivity index (χ1) is 20.0. The van der Waals surface area contributed by atoms with Gasteiger partial charge in [-0.15, -0.1) is 0 Å². The van der Waals surface area contributed by atoms with Gasteiger partial charge >= 0.3 is 0 Å². The highest BCUT2D eigenvalue weighted by Crippen LogP contribution is 2.41. The molecule has 0 spiro atoms. The number of aryl methyl sites for hydroxylation is 1. The van der Waals surface area contributed by atoms with E-state index in [9.17, 15) is 18.3 Å². The van der Waals surface area contributed by atoms with Gasteiger partial charge in [-0.1, -0.05) is 75.1 Å². The van der Waals surface area contributed by atoms with Gasteiger partial charge in [0, 0.05) is 36.7 Å². The number of benzene rings is 2. The van der Waals surface area contributed by atoms with E-state index in [0.29, 0.717) is 24.2 Å². The summed E-state index contributed by atoms with van der Waals surface area (Å²) in [5.41, 5.74) is 2.91. The summed E-state index contributed by atoms with van der Waals surface area (Å²) in [6.07, 6.45) is 6.54. The van der Waals surface area contributed by atoms with E-state index in [2.05, 4.69) is 10.3 Å². The van der Waals surface area contributed by atoms with Gasteiger partial charge in [-0.2, -0.15) is 0 Å². The van der Waals surface area contributed by atoms with Crippen molar-refractivity contribution >= 4 is 21.6 Å². The van der Waals surface area contributed by atoms with Crippen LogP contribution < -0.4 is 9.62 Å². The fraction of sp³-hybridized carbons (Fsp3) is 0.471. The van der Waals surface area contributed by atoms with E-state index >= 15 is 0 Å². The van der Waals surface area contributed by atoms with Gasteiger partial charge in [0.05, 0.1) is 22.7 Å². The van der Waals surface area contributed by atoms with Crippen molar-refractivity contribution in [2.24, 2.45) is 5.92 Å². The Kier molecular flexibility index (Phi) is 10.4. The molecule has 0 aliphatic heterocycles. The Balaban J connectivity index is 1.51. The molecule has 7 nitrogen and oxygen atoms in total. The number of sulfonamides is 1. The molecule has 1 fully saturated rings. The molecule has 4 rings (SSSR count). The monoisotopic (exact) mass is 591 g/mol. The van der Waals surface area contributed by atoms with Crippen LogP contribution in [0.2, 0.25) is 0 Å². The topological polar surface area (TPSA) is 99.6 Å². The molecule has 1 saturated carbocycles. The van der Waals surface area contributed by atoms with Crippen molar-refractivity contribution in [1.82, 2.24) is 10.3 Å². The van der Waals surface area contributed by atoms with E-state index in [4.69, 9.17) is 0 Å². The molecule has 2 N–H and O–H groups in total. The summed E-state index contributed by atoms with van der Waals surface area (Å²) in [6, 6.07) is 19.5. The minimum absolute atomic E-state index is 0.0765. The molecule has 1 amide bonds. The SMILES string of the molecule is Cc1ccc(S(=O)(=O)N(CC(C)C)c2ccccc2C[C@@H](O)[C@H](C)NC(=O)CC2(c3ccccn3)CCCCC2)cc1. The molecule has 0 saturated heterocycles. The average molecular weight is 592 g/mol. The van der Waals surface area contributed by atoms with Crippen LogP contribution in [0.15, 0.2) is 77.8 Å². The maximum atomic E-state index is 13.8. The number of aliphatic hydroxyl groups excluding tert-OH is 1. The summed E-state index contributed by atoms with van der Waals surface area (Å²) < 4.78 is 29.1. The molecule has 1 aromatic heterocycles. The zero-order valence-corrected chi connectivity index (χ0v) is 26.1. The minimum Gasteiger partial charge on any atom is -0.391 e. The quantitative estimate of drug-likeness (QED) is 0.272. The van der Waals surface area contributed by atoms with E-state index in [0.717, 1.165) is 43.4 Å². The number of amides is 1. The van der Waals surface area contributed by atoms with Crippen LogP contribution in [0.4, 0.5) is 5.69 Å². The minimum atomic E-state index is -3.84. The molecule has 1 heterocycles. The van der Waals surface area contributed by atoms with Crippen LogP contribution >= 0.6 is 0 Å². The number of nitrogens with zero attached hydrogens (tertiary/aromatic N) is 2. The highest BCUT2D eigenvalue weighted by atomic mass is 32.2. The van der Waals surface area contributed by atoms with Crippen LogP contribution in [0.5, 0.6) is 0 Å². The van der Waals surface area contributed by atoms with Gasteiger partial charge in [-0.3, -0.25) is 14.1 Å². The van der Waals surface area contributed by atoms with Gasteiger partial charge in [0.2, 0.25) is 5.91 Å². The first-order valence-corrected chi connectivity index (χ1v) is 16.5. The third-order valence-corrected chi connectivity index (χ3v) is 10.1. The smallest absolute Gasteiger partial charge is 0.264 e. The van der Waals surface area contributed by atoms with Crippen molar-refractivity contribution in [2.75, 3.05) is 10.8 Å². The Morgan fingerprint density at radius 2 is 1.64 bits per heavy atom. The number of carbonyl (C=O) groups is 1. The van der Waals surface area contributed by atoms with Gasteiger partial charge in [0.25, 0.3) is 10.0 Å². The zero-order chi connectivity index (χ0) is 30.3. The van der Waals surface area contributed by atoms with Crippen molar-refractivity contribution in [3.63, 3.8) is 0 Å². The third kappa shape index (κ3) is 7.58. The van der Waals surface area contributed by atoms with E-state index in [-0.39, 0.29) is 28.6 Å². The molecule has 0 radical (unpaired) electrons. The number of aliphatic hydroxyl groups is 1. The van der Waals surface area contributed by atoms with E-state index in [1.807, 2.05) is 57.2 Å². The zero-order valence-electron chi connectivity index (χ0n) is 25.3. The Labute approximate surface area is 251 Å². The molecule has 3 aromatic rings. The number of nitrogens with one attached hydrogen (secondary N) is 1. The molecule has 2 atom stereocenters. The predicted molar refractivity (Wildman–Crippen MR) is 168 cm³/mol. The number of para-hydroxylation sites is 1. The van der Waals surface area contributed by atoms with Crippen LogP contribution in [0.3, 0.4) is 0 Å². The predicted octanol–water partition coefficient (Wildman–Crippen LogP) is 5.94. The van der Waals surface area contributed by atoms with Crippen molar-refractivity contribution < 1.29 is 18.3 Å². The van der Waals surface area contributed by atoms with Crippen LogP contribution in [0.1, 0.15) is 76.1 Å². The first kappa shape index (κ1) is 31.7. The van der Waals surface area contributed by atoms with E-state index in [1.54, 1.807) is 43.5 Å². The Hall–Kier alpha value is -3.23. The van der Waals surface area contributed by atoms with Crippen molar-refractivity contribution in [2.45, 2.75) is 95.1 Å². The highest BCUT2D eigenvalue weighted by Gasteiger charge is 2.38. The summed E-state index contributed by atoms with van der Waals surface area (Å²) in [4.78, 5) is 18.2. The maximum Gasteiger partial charge on any atom is 0.264 e. The van der Waals surface area contributed by atoms with Gasteiger partial charge < -0.3 is 10.4 Å². The Morgan fingerprint density at radius 1 is 0.976 bits per heavy atom. The average Bonchev–Trinajstić information content (AvgIpc) is 2.97. The number of pyridine rings is 1. The molecule has 226 valence electrons. The summed E-state index contributed by atoms with van der Waals surface area (Å²) in [6.45, 7) is 7.99. The maximum absolute atomic E-state index is 13.8. The summed E-state index contributed by atoms with van der Waals surface area (Å²) in [5.74, 6) is -0.0293. The normalized spacial score (nSPS) is 16.5. The Bertz CT molecular complexity index is 1420. The molecule has 1 aliphatic rings. The van der Waals surface area contributed by atoms with Crippen LogP contribution in [-0.2, 0) is 26.7 Å². The largest absolute Gasteiger partial charge is 0.391 e. The lowest BCUT2D eigenvalue weighted by atomic mass is 9.69.